The lowest BCUT2D eigenvalue weighted by atomic mass is 10.1. The summed E-state index contributed by atoms with van der Waals surface area (Å²) in [5, 5.41) is 2.02. The number of rotatable bonds is 3. The van der Waals surface area contributed by atoms with Gasteiger partial charge in [0.2, 0.25) is 0 Å². The van der Waals surface area contributed by atoms with E-state index in [1.54, 1.807) is 25.6 Å². The number of ether oxygens (including phenoxy) is 2. The molecule has 0 aliphatic carbocycles. The van der Waals surface area contributed by atoms with E-state index in [0.717, 1.165) is 27.3 Å². The SMILES string of the molecule is COc1cccc(-c2nc(C)nc3ccsc23)c1OC. The standard InChI is InChI=1S/C15H14N2O2S/c1-9-16-11-7-8-20-15(11)13(17-9)10-5-4-6-12(18-2)14(10)19-3/h4-8H,1-3H3. The molecule has 0 bridgehead atoms. The van der Waals surface area contributed by atoms with Gasteiger partial charge in [-0.2, -0.15) is 0 Å². The van der Waals surface area contributed by atoms with Crippen molar-refractivity contribution >= 4 is 21.6 Å². The topological polar surface area (TPSA) is 44.2 Å². The summed E-state index contributed by atoms with van der Waals surface area (Å²) in [7, 11) is 3.27. The number of fused-ring (bicyclic) bond motifs is 1. The van der Waals surface area contributed by atoms with E-state index in [-0.39, 0.29) is 0 Å². The van der Waals surface area contributed by atoms with Crippen molar-refractivity contribution in [1.82, 2.24) is 9.97 Å². The van der Waals surface area contributed by atoms with Gasteiger partial charge >= 0.3 is 0 Å². The summed E-state index contributed by atoms with van der Waals surface area (Å²) in [6.45, 7) is 1.90. The van der Waals surface area contributed by atoms with Crippen molar-refractivity contribution in [2.24, 2.45) is 0 Å². The van der Waals surface area contributed by atoms with Gasteiger partial charge in [0.25, 0.3) is 0 Å². The van der Waals surface area contributed by atoms with Crippen LogP contribution in [0.15, 0.2) is 29.6 Å². The predicted molar refractivity (Wildman–Crippen MR) is 80.7 cm³/mol. The number of aryl methyl sites for hydroxylation is 1. The molecule has 4 nitrogen and oxygen atoms in total. The van der Waals surface area contributed by atoms with Gasteiger partial charge in [-0.15, -0.1) is 11.3 Å². The predicted octanol–water partition coefficient (Wildman–Crippen LogP) is 3.68. The first-order valence-electron chi connectivity index (χ1n) is 6.18. The van der Waals surface area contributed by atoms with Crippen LogP contribution in [0.3, 0.4) is 0 Å². The third-order valence-electron chi connectivity index (χ3n) is 3.07. The molecule has 3 aromatic rings. The molecule has 0 amide bonds. The second kappa shape index (κ2) is 5.09. The highest BCUT2D eigenvalue weighted by Crippen LogP contribution is 2.40. The molecule has 0 unspecified atom stereocenters. The minimum Gasteiger partial charge on any atom is -0.493 e. The van der Waals surface area contributed by atoms with E-state index in [4.69, 9.17) is 9.47 Å². The molecular weight excluding hydrogens is 272 g/mol. The van der Waals surface area contributed by atoms with Crippen LogP contribution in [-0.2, 0) is 0 Å². The minimum absolute atomic E-state index is 0.697. The first-order valence-corrected chi connectivity index (χ1v) is 7.05. The van der Waals surface area contributed by atoms with Crippen molar-refractivity contribution < 1.29 is 9.47 Å². The van der Waals surface area contributed by atoms with E-state index in [1.165, 1.54) is 0 Å². The van der Waals surface area contributed by atoms with Crippen molar-refractivity contribution in [3.63, 3.8) is 0 Å². The number of para-hydroxylation sites is 1. The Morgan fingerprint density at radius 1 is 1.05 bits per heavy atom. The largest absolute Gasteiger partial charge is 0.493 e. The fraction of sp³-hybridized carbons (Fsp3) is 0.200. The van der Waals surface area contributed by atoms with Gasteiger partial charge in [-0.25, -0.2) is 9.97 Å². The van der Waals surface area contributed by atoms with Crippen molar-refractivity contribution in [1.29, 1.82) is 0 Å². The number of hydrogen-bond donors (Lipinski definition) is 0. The summed E-state index contributed by atoms with van der Waals surface area (Å²) in [5.41, 5.74) is 2.77. The molecule has 0 saturated heterocycles. The lowest BCUT2D eigenvalue weighted by Crippen LogP contribution is -1.96. The number of methoxy groups -OCH3 is 2. The van der Waals surface area contributed by atoms with E-state index in [0.29, 0.717) is 11.5 Å². The van der Waals surface area contributed by atoms with Crippen LogP contribution in [0.1, 0.15) is 5.82 Å². The van der Waals surface area contributed by atoms with E-state index in [1.807, 2.05) is 36.6 Å². The van der Waals surface area contributed by atoms with Crippen LogP contribution in [0.4, 0.5) is 0 Å². The molecule has 0 saturated carbocycles. The first kappa shape index (κ1) is 12.9. The quantitative estimate of drug-likeness (QED) is 0.736. The van der Waals surface area contributed by atoms with Crippen LogP contribution in [0, 0.1) is 6.92 Å². The molecule has 5 heteroatoms. The summed E-state index contributed by atoms with van der Waals surface area (Å²) in [6, 6.07) is 7.81. The van der Waals surface area contributed by atoms with E-state index >= 15 is 0 Å². The number of nitrogens with zero attached hydrogens (tertiary/aromatic N) is 2. The zero-order valence-corrected chi connectivity index (χ0v) is 12.3. The molecule has 102 valence electrons. The third-order valence-corrected chi connectivity index (χ3v) is 3.98. The average Bonchev–Trinajstić information content (AvgIpc) is 2.93. The molecule has 0 aliphatic rings. The molecule has 3 rings (SSSR count). The highest BCUT2D eigenvalue weighted by Gasteiger charge is 2.16. The maximum absolute atomic E-state index is 5.51. The Hall–Kier alpha value is -2.14. The Balaban J connectivity index is 2.33. The average molecular weight is 286 g/mol. The van der Waals surface area contributed by atoms with Gasteiger partial charge in [-0.3, -0.25) is 0 Å². The fourth-order valence-corrected chi connectivity index (χ4v) is 3.07. The van der Waals surface area contributed by atoms with E-state index < -0.39 is 0 Å². The van der Waals surface area contributed by atoms with Crippen LogP contribution in [0.2, 0.25) is 0 Å². The van der Waals surface area contributed by atoms with Crippen molar-refractivity contribution in [3.05, 3.63) is 35.5 Å². The Morgan fingerprint density at radius 3 is 2.65 bits per heavy atom. The second-order valence-electron chi connectivity index (χ2n) is 4.30. The van der Waals surface area contributed by atoms with E-state index in [9.17, 15) is 0 Å². The summed E-state index contributed by atoms with van der Waals surface area (Å²) >= 11 is 1.63. The Kier molecular flexibility index (Phi) is 3.28. The van der Waals surface area contributed by atoms with Crippen molar-refractivity contribution in [2.45, 2.75) is 6.92 Å². The van der Waals surface area contributed by atoms with Crippen LogP contribution in [-0.4, -0.2) is 24.2 Å². The molecular formula is C15H14N2O2S. The molecule has 2 heterocycles. The molecule has 1 aromatic carbocycles. The molecule has 0 spiro atoms. The second-order valence-corrected chi connectivity index (χ2v) is 5.21. The maximum Gasteiger partial charge on any atom is 0.170 e. The van der Waals surface area contributed by atoms with Crippen LogP contribution in [0.5, 0.6) is 11.5 Å². The number of benzene rings is 1. The van der Waals surface area contributed by atoms with Gasteiger partial charge in [-0.05, 0) is 30.5 Å². The Labute approximate surface area is 121 Å². The summed E-state index contributed by atoms with van der Waals surface area (Å²) < 4.78 is 11.9. The summed E-state index contributed by atoms with van der Waals surface area (Å²) in [6.07, 6.45) is 0. The van der Waals surface area contributed by atoms with Gasteiger partial charge in [-0.1, -0.05) is 6.07 Å². The monoisotopic (exact) mass is 286 g/mol. The zero-order valence-electron chi connectivity index (χ0n) is 11.5. The smallest absolute Gasteiger partial charge is 0.170 e. The molecule has 2 aromatic heterocycles. The molecule has 0 radical (unpaired) electrons. The lowest BCUT2D eigenvalue weighted by molar-refractivity contribution is 0.356. The number of hydrogen-bond acceptors (Lipinski definition) is 5. The molecule has 0 fully saturated rings. The van der Waals surface area contributed by atoms with Crippen LogP contribution < -0.4 is 9.47 Å². The minimum atomic E-state index is 0.697. The van der Waals surface area contributed by atoms with Crippen molar-refractivity contribution in [3.8, 4) is 22.8 Å². The van der Waals surface area contributed by atoms with Gasteiger partial charge < -0.3 is 9.47 Å². The lowest BCUT2D eigenvalue weighted by Gasteiger charge is -2.12. The molecule has 0 atom stereocenters. The first-order chi connectivity index (χ1) is 9.74. The van der Waals surface area contributed by atoms with Crippen molar-refractivity contribution in [2.75, 3.05) is 14.2 Å². The third kappa shape index (κ3) is 2.00. The van der Waals surface area contributed by atoms with E-state index in [2.05, 4.69) is 9.97 Å². The number of aromatic nitrogens is 2. The maximum atomic E-state index is 5.51. The zero-order chi connectivity index (χ0) is 14.1. The highest BCUT2D eigenvalue weighted by molar-refractivity contribution is 7.17. The highest BCUT2D eigenvalue weighted by atomic mass is 32.1. The van der Waals surface area contributed by atoms with Gasteiger partial charge in [0.15, 0.2) is 11.5 Å². The molecule has 20 heavy (non-hydrogen) atoms. The molecule has 0 aliphatic heterocycles. The van der Waals surface area contributed by atoms with Crippen LogP contribution >= 0.6 is 11.3 Å². The number of thiophene rings is 1. The Bertz CT molecular complexity index is 768. The van der Waals surface area contributed by atoms with Gasteiger partial charge in [0.05, 0.1) is 30.1 Å². The van der Waals surface area contributed by atoms with Gasteiger partial charge in [0, 0.05) is 5.56 Å². The van der Waals surface area contributed by atoms with Crippen LogP contribution in [0.25, 0.3) is 21.5 Å². The van der Waals surface area contributed by atoms with Gasteiger partial charge in [0.1, 0.15) is 5.82 Å². The fourth-order valence-electron chi connectivity index (χ4n) is 2.24. The molecule has 0 N–H and O–H groups in total. The Morgan fingerprint density at radius 2 is 1.90 bits per heavy atom. The normalized spacial score (nSPS) is 10.8. The summed E-state index contributed by atoms with van der Waals surface area (Å²) in [5.74, 6) is 2.14. The summed E-state index contributed by atoms with van der Waals surface area (Å²) in [4.78, 5) is 9.04.